The Kier molecular flexibility index (Phi) is 3.89. The van der Waals surface area contributed by atoms with Gasteiger partial charge in [0, 0.05) is 37.4 Å². The fraction of sp³-hybridized carbons (Fsp3) is 0.800. The summed E-state index contributed by atoms with van der Waals surface area (Å²) >= 11 is 0. The van der Waals surface area contributed by atoms with Crippen molar-refractivity contribution in [2.45, 2.75) is 44.7 Å². The second-order valence-corrected chi connectivity index (χ2v) is 6.26. The van der Waals surface area contributed by atoms with E-state index in [1.807, 2.05) is 17.9 Å². The van der Waals surface area contributed by atoms with Crippen LogP contribution in [0.1, 0.15) is 44.2 Å². The fourth-order valence-electron chi connectivity index (χ4n) is 3.25. The number of piperidine rings is 1. The van der Waals surface area contributed by atoms with E-state index in [2.05, 4.69) is 28.4 Å². The number of nitrogens with one attached hydrogen (secondary N) is 1. The average molecular weight is 262 g/mol. The summed E-state index contributed by atoms with van der Waals surface area (Å²) in [6.45, 7) is 5.99. The van der Waals surface area contributed by atoms with Crippen LogP contribution in [-0.4, -0.2) is 40.4 Å². The minimum atomic E-state index is 0.503. The normalized spacial score (nSPS) is 25.7. The molecule has 0 radical (unpaired) electrons. The lowest BCUT2D eigenvalue weighted by atomic mass is 9.97. The summed E-state index contributed by atoms with van der Waals surface area (Å²) in [5.74, 6) is 0.827. The summed E-state index contributed by atoms with van der Waals surface area (Å²) in [6, 6.07) is 1.32. The number of hydrogen-bond donors (Lipinski definition) is 1. The summed E-state index contributed by atoms with van der Waals surface area (Å²) in [4.78, 5) is 2.72. The van der Waals surface area contributed by atoms with E-state index in [1.54, 1.807) is 0 Å². The third kappa shape index (κ3) is 3.18. The Hall–Kier alpha value is -0.870. The summed E-state index contributed by atoms with van der Waals surface area (Å²) < 4.78 is 1.92. The monoisotopic (exact) mass is 262 g/mol. The molecule has 0 bridgehead atoms. The van der Waals surface area contributed by atoms with Gasteiger partial charge in [-0.3, -0.25) is 9.58 Å². The molecule has 4 nitrogen and oxygen atoms in total. The first-order chi connectivity index (χ1) is 9.24. The lowest BCUT2D eigenvalue weighted by Gasteiger charge is -2.34. The molecule has 3 rings (SSSR count). The smallest absolute Gasteiger partial charge is 0.0537 e. The lowest BCUT2D eigenvalue weighted by molar-refractivity contribution is 0.154. The zero-order valence-electron chi connectivity index (χ0n) is 12.2. The molecule has 19 heavy (non-hydrogen) atoms. The predicted octanol–water partition coefficient (Wildman–Crippen LogP) is 1.95. The highest BCUT2D eigenvalue weighted by Gasteiger charge is 2.34. The van der Waals surface area contributed by atoms with Crippen LogP contribution in [0.2, 0.25) is 0 Å². The van der Waals surface area contributed by atoms with Crippen LogP contribution < -0.4 is 5.32 Å². The van der Waals surface area contributed by atoms with Gasteiger partial charge < -0.3 is 5.32 Å². The highest BCUT2D eigenvalue weighted by Crippen LogP contribution is 2.35. The van der Waals surface area contributed by atoms with E-state index in [1.165, 1.54) is 50.9 Å². The maximum absolute atomic E-state index is 4.32. The summed E-state index contributed by atoms with van der Waals surface area (Å²) in [7, 11) is 2.00. The summed E-state index contributed by atoms with van der Waals surface area (Å²) in [5.41, 5.74) is 1.36. The second-order valence-electron chi connectivity index (χ2n) is 6.26. The van der Waals surface area contributed by atoms with Gasteiger partial charge in [-0.15, -0.1) is 0 Å². The molecule has 2 unspecified atom stereocenters. The van der Waals surface area contributed by atoms with Crippen molar-refractivity contribution in [3.63, 3.8) is 0 Å². The molecule has 106 valence electrons. The van der Waals surface area contributed by atoms with Gasteiger partial charge in [-0.25, -0.2) is 0 Å². The van der Waals surface area contributed by atoms with Crippen molar-refractivity contribution < 1.29 is 0 Å². The molecule has 1 N–H and O–H groups in total. The van der Waals surface area contributed by atoms with Crippen molar-refractivity contribution in [2.24, 2.45) is 13.0 Å². The zero-order chi connectivity index (χ0) is 13.2. The molecule has 0 spiro atoms. The largest absolute Gasteiger partial charge is 0.316 e. The van der Waals surface area contributed by atoms with E-state index in [0.717, 1.165) is 12.0 Å². The van der Waals surface area contributed by atoms with Crippen LogP contribution in [0.4, 0.5) is 0 Å². The first-order valence-corrected chi connectivity index (χ1v) is 7.69. The topological polar surface area (TPSA) is 33.1 Å². The van der Waals surface area contributed by atoms with Gasteiger partial charge >= 0.3 is 0 Å². The van der Waals surface area contributed by atoms with Gasteiger partial charge in [0.15, 0.2) is 0 Å². The van der Waals surface area contributed by atoms with Gasteiger partial charge in [-0.05, 0) is 51.6 Å². The molecule has 0 aromatic carbocycles. The van der Waals surface area contributed by atoms with E-state index in [0.29, 0.717) is 6.04 Å². The van der Waals surface area contributed by atoms with Gasteiger partial charge in [0.25, 0.3) is 0 Å². The molecule has 1 aromatic rings. The van der Waals surface area contributed by atoms with Crippen LogP contribution in [0.25, 0.3) is 0 Å². The van der Waals surface area contributed by atoms with Crippen LogP contribution in [0.15, 0.2) is 12.4 Å². The zero-order valence-corrected chi connectivity index (χ0v) is 12.2. The molecule has 2 fully saturated rings. The SMILES string of the molecule is CC(c1cnn(C)c1)N(CC1CCCNC1)C1CC1. The third-order valence-electron chi connectivity index (χ3n) is 4.59. The standard InChI is InChI=1S/C15H26N4/c1-12(14-9-17-18(2)11-14)19(15-5-6-15)10-13-4-3-7-16-8-13/h9,11-13,15-16H,3-8,10H2,1-2H3. The fourth-order valence-corrected chi connectivity index (χ4v) is 3.25. The van der Waals surface area contributed by atoms with Crippen LogP contribution in [0.3, 0.4) is 0 Å². The van der Waals surface area contributed by atoms with Gasteiger partial charge in [0.2, 0.25) is 0 Å². The molecule has 1 aromatic heterocycles. The Morgan fingerprint density at radius 3 is 2.89 bits per heavy atom. The first-order valence-electron chi connectivity index (χ1n) is 7.69. The molecule has 2 aliphatic rings. The van der Waals surface area contributed by atoms with Crippen molar-refractivity contribution >= 4 is 0 Å². The van der Waals surface area contributed by atoms with E-state index in [4.69, 9.17) is 0 Å². The molecule has 1 saturated carbocycles. The highest BCUT2D eigenvalue weighted by molar-refractivity contribution is 5.11. The molecular weight excluding hydrogens is 236 g/mol. The maximum Gasteiger partial charge on any atom is 0.0537 e. The van der Waals surface area contributed by atoms with Crippen LogP contribution >= 0.6 is 0 Å². The lowest BCUT2D eigenvalue weighted by Crippen LogP contribution is -2.40. The minimum Gasteiger partial charge on any atom is -0.316 e. The Morgan fingerprint density at radius 1 is 1.47 bits per heavy atom. The number of rotatable bonds is 5. The molecule has 2 atom stereocenters. The van der Waals surface area contributed by atoms with Crippen molar-refractivity contribution in [2.75, 3.05) is 19.6 Å². The summed E-state index contributed by atoms with van der Waals surface area (Å²) in [6.07, 6.45) is 9.67. The Labute approximate surface area is 116 Å². The molecule has 1 aliphatic carbocycles. The van der Waals surface area contributed by atoms with Crippen LogP contribution in [-0.2, 0) is 7.05 Å². The summed E-state index contributed by atoms with van der Waals surface area (Å²) in [5, 5.41) is 7.86. The number of aryl methyl sites for hydroxylation is 1. The van der Waals surface area contributed by atoms with Gasteiger partial charge in [-0.1, -0.05) is 0 Å². The Balaban J connectivity index is 1.66. The molecule has 1 aliphatic heterocycles. The quantitative estimate of drug-likeness (QED) is 0.880. The van der Waals surface area contributed by atoms with Gasteiger partial charge in [0.05, 0.1) is 6.20 Å². The Bertz CT molecular complexity index is 404. The van der Waals surface area contributed by atoms with Gasteiger partial charge in [-0.2, -0.15) is 5.10 Å². The number of hydrogen-bond acceptors (Lipinski definition) is 3. The molecule has 2 heterocycles. The number of aromatic nitrogens is 2. The van der Waals surface area contributed by atoms with E-state index in [-0.39, 0.29) is 0 Å². The predicted molar refractivity (Wildman–Crippen MR) is 76.9 cm³/mol. The van der Waals surface area contributed by atoms with Crippen molar-refractivity contribution in [3.05, 3.63) is 18.0 Å². The van der Waals surface area contributed by atoms with Crippen LogP contribution in [0.5, 0.6) is 0 Å². The minimum absolute atomic E-state index is 0.503. The van der Waals surface area contributed by atoms with Crippen LogP contribution in [0, 0.1) is 5.92 Å². The van der Waals surface area contributed by atoms with Crippen molar-refractivity contribution in [1.29, 1.82) is 0 Å². The Morgan fingerprint density at radius 2 is 2.32 bits per heavy atom. The van der Waals surface area contributed by atoms with E-state index >= 15 is 0 Å². The number of nitrogens with zero attached hydrogens (tertiary/aromatic N) is 3. The van der Waals surface area contributed by atoms with Gasteiger partial charge in [0.1, 0.15) is 0 Å². The average Bonchev–Trinajstić information content (AvgIpc) is 3.18. The first kappa shape index (κ1) is 13.1. The highest BCUT2D eigenvalue weighted by atomic mass is 15.3. The molecular formula is C15H26N4. The molecule has 4 heteroatoms. The second kappa shape index (κ2) is 5.63. The van der Waals surface area contributed by atoms with E-state index in [9.17, 15) is 0 Å². The van der Waals surface area contributed by atoms with Crippen molar-refractivity contribution in [3.8, 4) is 0 Å². The van der Waals surface area contributed by atoms with E-state index < -0.39 is 0 Å². The molecule has 1 saturated heterocycles. The van der Waals surface area contributed by atoms with Crippen molar-refractivity contribution in [1.82, 2.24) is 20.0 Å². The molecule has 0 amide bonds. The third-order valence-corrected chi connectivity index (χ3v) is 4.59. The maximum atomic E-state index is 4.32.